The molecule has 0 radical (unpaired) electrons. The number of anilines is 1. The van der Waals surface area contributed by atoms with Crippen LogP contribution in [0.1, 0.15) is 26.1 Å². The zero-order valence-electron chi connectivity index (χ0n) is 10.9. The van der Waals surface area contributed by atoms with Crippen molar-refractivity contribution >= 4 is 17.4 Å². The number of thioether (sulfide) groups is 1. The van der Waals surface area contributed by atoms with Crippen LogP contribution in [0.4, 0.5) is 10.1 Å². The molecule has 2 aromatic rings. The highest BCUT2D eigenvalue weighted by Crippen LogP contribution is 2.23. The third-order valence-corrected chi connectivity index (χ3v) is 4.11. The van der Waals surface area contributed by atoms with Crippen molar-refractivity contribution in [3.8, 4) is 11.5 Å². The van der Waals surface area contributed by atoms with Crippen LogP contribution in [0.15, 0.2) is 22.7 Å². The van der Waals surface area contributed by atoms with E-state index in [-0.39, 0.29) is 5.69 Å². The van der Waals surface area contributed by atoms with Crippen molar-refractivity contribution in [2.24, 2.45) is 0 Å². The molecule has 19 heavy (non-hydrogen) atoms. The second-order valence-corrected chi connectivity index (χ2v) is 5.71. The highest BCUT2D eigenvalue weighted by atomic mass is 32.2. The summed E-state index contributed by atoms with van der Waals surface area (Å²) in [6, 6.07) is 4.45. The predicted molar refractivity (Wildman–Crippen MR) is 75.2 cm³/mol. The number of aromatic nitrogens is 2. The number of hydrogen-bond acceptors (Lipinski definition) is 5. The first-order valence-electron chi connectivity index (χ1n) is 6.09. The van der Waals surface area contributed by atoms with Gasteiger partial charge >= 0.3 is 0 Å². The van der Waals surface area contributed by atoms with Gasteiger partial charge in [0.05, 0.1) is 11.4 Å². The molecule has 0 aliphatic rings. The molecule has 0 fully saturated rings. The fourth-order valence-electron chi connectivity index (χ4n) is 1.42. The summed E-state index contributed by atoms with van der Waals surface area (Å²) in [4.78, 5) is 4.25. The van der Waals surface area contributed by atoms with Crippen LogP contribution in [-0.4, -0.2) is 15.4 Å². The molecule has 1 aromatic carbocycles. The molecule has 2 N–H and O–H groups in total. The van der Waals surface area contributed by atoms with Crippen molar-refractivity contribution in [1.82, 2.24) is 10.1 Å². The summed E-state index contributed by atoms with van der Waals surface area (Å²) in [5, 5.41) is 4.44. The summed E-state index contributed by atoms with van der Waals surface area (Å²) in [6.45, 7) is 4.29. The molecule has 0 aliphatic heterocycles. The standard InChI is InChI=1S/C13H16FN3OS/c1-3-8(2)19-7-12-16-13(18-17-12)9-4-5-11(15)10(14)6-9/h4-6,8H,3,7,15H2,1-2H3. The van der Waals surface area contributed by atoms with E-state index in [1.54, 1.807) is 17.8 Å². The molecule has 1 heterocycles. The first-order valence-corrected chi connectivity index (χ1v) is 7.14. The van der Waals surface area contributed by atoms with Gasteiger partial charge in [0.25, 0.3) is 5.89 Å². The topological polar surface area (TPSA) is 64.9 Å². The molecule has 6 heteroatoms. The van der Waals surface area contributed by atoms with Crippen LogP contribution in [0.3, 0.4) is 0 Å². The SMILES string of the molecule is CCC(C)SCc1noc(-c2ccc(N)c(F)c2)n1. The quantitative estimate of drug-likeness (QED) is 0.850. The summed E-state index contributed by atoms with van der Waals surface area (Å²) >= 11 is 1.76. The maximum atomic E-state index is 13.4. The summed E-state index contributed by atoms with van der Waals surface area (Å²) < 4.78 is 18.5. The van der Waals surface area contributed by atoms with Gasteiger partial charge in [-0.05, 0) is 24.6 Å². The van der Waals surface area contributed by atoms with Crippen LogP contribution in [0.25, 0.3) is 11.5 Å². The summed E-state index contributed by atoms with van der Waals surface area (Å²) in [6.07, 6.45) is 1.10. The van der Waals surface area contributed by atoms with Crippen LogP contribution >= 0.6 is 11.8 Å². The predicted octanol–water partition coefficient (Wildman–Crippen LogP) is 3.49. The Hall–Kier alpha value is -1.56. The van der Waals surface area contributed by atoms with Crippen molar-refractivity contribution in [2.75, 3.05) is 5.73 Å². The number of nitrogens with zero attached hydrogens (tertiary/aromatic N) is 2. The van der Waals surface area contributed by atoms with Gasteiger partial charge < -0.3 is 10.3 Å². The first-order chi connectivity index (χ1) is 9.10. The normalized spacial score (nSPS) is 12.6. The fraction of sp³-hybridized carbons (Fsp3) is 0.385. The van der Waals surface area contributed by atoms with Gasteiger partial charge in [0.2, 0.25) is 0 Å². The van der Waals surface area contributed by atoms with Gasteiger partial charge in [-0.25, -0.2) is 4.39 Å². The molecular formula is C13H16FN3OS. The zero-order chi connectivity index (χ0) is 13.8. The van der Waals surface area contributed by atoms with Crippen LogP contribution < -0.4 is 5.73 Å². The lowest BCUT2D eigenvalue weighted by Gasteiger charge is -2.04. The maximum absolute atomic E-state index is 13.4. The number of halogens is 1. The summed E-state index contributed by atoms with van der Waals surface area (Å²) in [5.41, 5.74) is 6.07. The van der Waals surface area contributed by atoms with E-state index < -0.39 is 5.82 Å². The van der Waals surface area contributed by atoms with Gasteiger partial charge in [0.15, 0.2) is 5.82 Å². The summed E-state index contributed by atoms with van der Waals surface area (Å²) in [5.74, 6) is 1.15. The molecule has 0 saturated heterocycles. The van der Waals surface area contributed by atoms with Gasteiger partial charge in [-0.2, -0.15) is 16.7 Å². The average molecular weight is 281 g/mol. The zero-order valence-corrected chi connectivity index (χ0v) is 11.7. The maximum Gasteiger partial charge on any atom is 0.258 e. The lowest BCUT2D eigenvalue weighted by molar-refractivity contribution is 0.425. The number of benzene rings is 1. The minimum absolute atomic E-state index is 0.107. The molecule has 1 aromatic heterocycles. The van der Waals surface area contributed by atoms with Crippen molar-refractivity contribution in [3.05, 3.63) is 29.8 Å². The Bertz CT molecular complexity index is 559. The fourth-order valence-corrected chi connectivity index (χ4v) is 2.21. The average Bonchev–Trinajstić information content (AvgIpc) is 2.88. The summed E-state index contributed by atoms with van der Waals surface area (Å²) in [7, 11) is 0. The number of rotatable bonds is 5. The van der Waals surface area contributed by atoms with Crippen LogP contribution in [0, 0.1) is 5.82 Å². The van der Waals surface area contributed by atoms with E-state index >= 15 is 0 Å². The van der Waals surface area contributed by atoms with Crippen molar-refractivity contribution in [1.29, 1.82) is 0 Å². The highest BCUT2D eigenvalue weighted by Gasteiger charge is 2.11. The van der Waals surface area contributed by atoms with E-state index in [0.717, 1.165) is 6.42 Å². The third kappa shape index (κ3) is 3.47. The van der Waals surface area contributed by atoms with Gasteiger partial charge in [-0.15, -0.1) is 0 Å². The van der Waals surface area contributed by atoms with E-state index in [1.807, 2.05) is 0 Å². The van der Waals surface area contributed by atoms with E-state index in [0.29, 0.717) is 28.3 Å². The minimum Gasteiger partial charge on any atom is -0.396 e. The molecule has 0 amide bonds. The molecule has 1 unspecified atom stereocenters. The Kier molecular flexibility index (Phi) is 4.42. The molecule has 102 valence electrons. The second-order valence-electron chi connectivity index (χ2n) is 4.28. The van der Waals surface area contributed by atoms with E-state index in [9.17, 15) is 4.39 Å². The molecule has 0 spiro atoms. The van der Waals surface area contributed by atoms with E-state index in [2.05, 4.69) is 24.0 Å². The first kappa shape index (κ1) is 13.9. The number of hydrogen-bond donors (Lipinski definition) is 1. The highest BCUT2D eigenvalue weighted by molar-refractivity contribution is 7.99. The second kappa shape index (κ2) is 6.06. The molecule has 0 saturated carbocycles. The number of nitrogen functional groups attached to an aromatic ring is 1. The number of nitrogens with two attached hydrogens (primary N) is 1. The van der Waals surface area contributed by atoms with Crippen molar-refractivity contribution < 1.29 is 8.91 Å². The lowest BCUT2D eigenvalue weighted by Crippen LogP contribution is -1.95. The van der Waals surface area contributed by atoms with Gasteiger partial charge in [-0.3, -0.25) is 0 Å². The van der Waals surface area contributed by atoms with Crippen LogP contribution in [0.5, 0.6) is 0 Å². The Morgan fingerprint density at radius 2 is 2.26 bits per heavy atom. The molecule has 4 nitrogen and oxygen atoms in total. The van der Waals surface area contributed by atoms with E-state index in [1.165, 1.54) is 12.1 Å². The van der Waals surface area contributed by atoms with Gasteiger partial charge in [0, 0.05) is 10.8 Å². The third-order valence-electron chi connectivity index (χ3n) is 2.79. The molecular weight excluding hydrogens is 265 g/mol. The van der Waals surface area contributed by atoms with E-state index in [4.69, 9.17) is 10.3 Å². The van der Waals surface area contributed by atoms with Crippen molar-refractivity contribution in [2.45, 2.75) is 31.3 Å². The smallest absolute Gasteiger partial charge is 0.258 e. The van der Waals surface area contributed by atoms with Gasteiger partial charge in [-0.1, -0.05) is 19.0 Å². The van der Waals surface area contributed by atoms with Crippen molar-refractivity contribution in [3.63, 3.8) is 0 Å². The van der Waals surface area contributed by atoms with Crippen LogP contribution in [-0.2, 0) is 5.75 Å². The van der Waals surface area contributed by atoms with Gasteiger partial charge in [0.1, 0.15) is 5.82 Å². The Morgan fingerprint density at radius 1 is 1.47 bits per heavy atom. The monoisotopic (exact) mass is 281 g/mol. The Morgan fingerprint density at radius 3 is 2.95 bits per heavy atom. The molecule has 0 aliphatic carbocycles. The largest absolute Gasteiger partial charge is 0.396 e. The minimum atomic E-state index is -0.480. The Labute approximate surface area is 115 Å². The molecule has 2 rings (SSSR count). The Balaban J connectivity index is 2.09. The van der Waals surface area contributed by atoms with Crippen LogP contribution in [0.2, 0.25) is 0 Å². The molecule has 1 atom stereocenters. The molecule has 0 bridgehead atoms. The lowest BCUT2D eigenvalue weighted by atomic mass is 10.2.